The Morgan fingerprint density at radius 1 is 1.09 bits per heavy atom. The molecule has 2 fully saturated rings. The minimum Gasteiger partial charge on any atom is -0.359 e. The standard InChI is InChI=1S/C17H31N3O2/c1-12-9-13(2)11-20(10-12)17(22)14(3)19-7-5-15(6-8-19)16(21)18-4/h12-15H,5-11H2,1-4H3,(H,18,21). The van der Waals surface area contributed by atoms with E-state index in [9.17, 15) is 9.59 Å². The molecule has 2 saturated heterocycles. The summed E-state index contributed by atoms with van der Waals surface area (Å²) in [6.45, 7) is 9.94. The highest BCUT2D eigenvalue weighted by atomic mass is 16.2. The highest BCUT2D eigenvalue weighted by molar-refractivity contribution is 5.82. The molecular formula is C17H31N3O2. The Labute approximate surface area is 134 Å². The Balaban J connectivity index is 1.88. The average molecular weight is 309 g/mol. The SMILES string of the molecule is CNC(=O)C1CCN(C(C)C(=O)N2CC(C)CC(C)C2)CC1. The van der Waals surface area contributed by atoms with Crippen molar-refractivity contribution in [1.29, 1.82) is 0 Å². The van der Waals surface area contributed by atoms with E-state index in [2.05, 4.69) is 24.1 Å². The van der Waals surface area contributed by atoms with E-state index in [0.29, 0.717) is 11.8 Å². The number of nitrogens with one attached hydrogen (secondary N) is 1. The van der Waals surface area contributed by atoms with Gasteiger partial charge in [-0.2, -0.15) is 0 Å². The molecule has 2 rings (SSSR count). The van der Waals surface area contributed by atoms with Gasteiger partial charge in [-0.15, -0.1) is 0 Å². The van der Waals surface area contributed by atoms with Gasteiger partial charge in [0.25, 0.3) is 0 Å². The average Bonchev–Trinajstić information content (AvgIpc) is 2.52. The third kappa shape index (κ3) is 4.00. The van der Waals surface area contributed by atoms with E-state index in [0.717, 1.165) is 39.0 Å². The predicted molar refractivity (Wildman–Crippen MR) is 87.4 cm³/mol. The zero-order chi connectivity index (χ0) is 16.3. The lowest BCUT2D eigenvalue weighted by Crippen LogP contribution is -2.53. The maximum absolute atomic E-state index is 12.8. The molecule has 0 spiro atoms. The molecule has 0 aromatic heterocycles. The van der Waals surface area contributed by atoms with Crippen molar-refractivity contribution in [2.45, 2.75) is 46.1 Å². The molecule has 1 N–H and O–H groups in total. The second-order valence-electron chi connectivity index (χ2n) is 7.29. The van der Waals surface area contributed by atoms with Gasteiger partial charge in [0, 0.05) is 26.1 Å². The molecule has 0 aliphatic carbocycles. The Kier molecular flexibility index (Phi) is 5.84. The number of nitrogens with zero attached hydrogens (tertiary/aromatic N) is 2. The van der Waals surface area contributed by atoms with Gasteiger partial charge in [-0.05, 0) is 51.1 Å². The molecule has 0 bridgehead atoms. The molecule has 3 unspecified atom stereocenters. The zero-order valence-corrected chi connectivity index (χ0v) is 14.5. The molecule has 2 amide bonds. The lowest BCUT2D eigenvalue weighted by atomic mass is 9.91. The fraction of sp³-hybridized carbons (Fsp3) is 0.882. The highest BCUT2D eigenvalue weighted by Gasteiger charge is 2.33. The minimum absolute atomic E-state index is 0.0665. The molecule has 0 radical (unpaired) electrons. The summed E-state index contributed by atoms with van der Waals surface area (Å²) < 4.78 is 0. The van der Waals surface area contributed by atoms with Gasteiger partial charge in [0.05, 0.1) is 6.04 Å². The molecule has 3 atom stereocenters. The molecular weight excluding hydrogens is 278 g/mol. The Morgan fingerprint density at radius 2 is 1.64 bits per heavy atom. The topological polar surface area (TPSA) is 52.7 Å². The van der Waals surface area contributed by atoms with E-state index in [4.69, 9.17) is 0 Å². The summed E-state index contributed by atoms with van der Waals surface area (Å²) >= 11 is 0. The number of carbonyl (C=O) groups excluding carboxylic acids is 2. The summed E-state index contributed by atoms with van der Waals surface area (Å²) in [5.41, 5.74) is 0. The van der Waals surface area contributed by atoms with Gasteiger partial charge in [0.1, 0.15) is 0 Å². The molecule has 5 nitrogen and oxygen atoms in total. The van der Waals surface area contributed by atoms with Crippen molar-refractivity contribution in [3.8, 4) is 0 Å². The second-order valence-corrected chi connectivity index (χ2v) is 7.29. The van der Waals surface area contributed by atoms with Crippen LogP contribution in [0.5, 0.6) is 0 Å². The van der Waals surface area contributed by atoms with Crippen LogP contribution >= 0.6 is 0 Å². The second kappa shape index (κ2) is 7.44. The van der Waals surface area contributed by atoms with Crippen LogP contribution in [0, 0.1) is 17.8 Å². The van der Waals surface area contributed by atoms with Gasteiger partial charge < -0.3 is 10.2 Å². The number of rotatable bonds is 3. The van der Waals surface area contributed by atoms with Crippen LogP contribution in [0.4, 0.5) is 0 Å². The smallest absolute Gasteiger partial charge is 0.239 e. The Bertz CT molecular complexity index is 395. The summed E-state index contributed by atoms with van der Waals surface area (Å²) in [6, 6.07) is -0.0665. The molecule has 2 aliphatic heterocycles. The van der Waals surface area contributed by atoms with E-state index in [1.54, 1.807) is 7.05 Å². The number of hydrogen-bond donors (Lipinski definition) is 1. The largest absolute Gasteiger partial charge is 0.359 e. The first-order chi connectivity index (χ1) is 10.4. The molecule has 2 aliphatic rings. The maximum atomic E-state index is 12.8. The van der Waals surface area contributed by atoms with Crippen molar-refractivity contribution in [3.05, 3.63) is 0 Å². The molecule has 22 heavy (non-hydrogen) atoms. The van der Waals surface area contributed by atoms with Crippen molar-refractivity contribution in [2.24, 2.45) is 17.8 Å². The van der Waals surface area contributed by atoms with Crippen molar-refractivity contribution in [3.63, 3.8) is 0 Å². The van der Waals surface area contributed by atoms with E-state index < -0.39 is 0 Å². The third-order valence-corrected chi connectivity index (χ3v) is 5.23. The van der Waals surface area contributed by atoms with Crippen LogP contribution in [0.1, 0.15) is 40.0 Å². The quantitative estimate of drug-likeness (QED) is 0.856. The maximum Gasteiger partial charge on any atom is 0.239 e. The molecule has 126 valence electrons. The van der Waals surface area contributed by atoms with Gasteiger partial charge >= 0.3 is 0 Å². The van der Waals surface area contributed by atoms with Crippen molar-refractivity contribution in [1.82, 2.24) is 15.1 Å². The highest BCUT2D eigenvalue weighted by Crippen LogP contribution is 2.24. The van der Waals surface area contributed by atoms with Crippen molar-refractivity contribution < 1.29 is 9.59 Å². The van der Waals surface area contributed by atoms with Crippen LogP contribution in [0.2, 0.25) is 0 Å². The van der Waals surface area contributed by atoms with Crippen LogP contribution in [-0.2, 0) is 9.59 Å². The van der Waals surface area contributed by atoms with Gasteiger partial charge in [-0.25, -0.2) is 0 Å². The number of amides is 2. The van der Waals surface area contributed by atoms with E-state index >= 15 is 0 Å². The molecule has 0 aromatic rings. The van der Waals surface area contributed by atoms with Gasteiger partial charge in [0.15, 0.2) is 0 Å². The summed E-state index contributed by atoms with van der Waals surface area (Å²) in [7, 11) is 1.69. The normalized spacial score (nSPS) is 29.2. The minimum atomic E-state index is -0.0665. The first kappa shape index (κ1) is 17.3. The Hall–Kier alpha value is -1.10. The fourth-order valence-corrected chi connectivity index (χ4v) is 4.02. The number of carbonyl (C=O) groups is 2. The summed E-state index contributed by atoms with van der Waals surface area (Å²) in [4.78, 5) is 28.7. The molecule has 5 heteroatoms. The predicted octanol–water partition coefficient (Wildman–Crippen LogP) is 1.34. The van der Waals surface area contributed by atoms with Crippen molar-refractivity contribution in [2.75, 3.05) is 33.2 Å². The molecule has 2 heterocycles. The lowest BCUT2D eigenvalue weighted by molar-refractivity contribution is -0.140. The van der Waals surface area contributed by atoms with Crippen LogP contribution in [0.3, 0.4) is 0 Å². The van der Waals surface area contributed by atoms with Crippen LogP contribution in [0.15, 0.2) is 0 Å². The number of hydrogen-bond acceptors (Lipinski definition) is 3. The molecule has 0 saturated carbocycles. The summed E-state index contributed by atoms with van der Waals surface area (Å²) in [6.07, 6.45) is 2.92. The number of piperidine rings is 2. The molecule has 0 aromatic carbocycles. The van der Waals surface area contributed by atoms with Crippen molar-refractivity contribution >= 4 is 11.8 Å². The van der Waals surface area contributed by atoms with Gasteiger partial charge in [0.2, 0.25) is 11.8 Å². The van der Waals surface area contributed by atoms with Gasteiger partial charge in [-0.3, -0.25) is 14.5 Å². The van der Waals surface area contributed by atoms with E-state index in [1.807, 2.05) is 11.8 Å². The monoisotopic (exact) mass is 309 g/mol. The third-order valence-electron chi connectivity index (χ3n) is 5.23. The summed E-state index contributed by atoms with van der Waals surface area (Å²) in [5, 5.41) is 2.73. The van der Waals surface area contributed by atoms with Crippen LogP contribution in [-0.4, -0.2) is 60.9 Å². The van der Waals surface area contributed by atoms with Crippen LogP contribution < -0.4 is 5.32 Å². The van der Waals surface area contributed by atoms with Crippen LogP contribution in [0.25, 0.3) is 0 Å². The van der Waals surface area contributed by atoms with E-state index in [1.165, 1.54) is 6.42 Å². The van der Waals surface area contributed by atoms with E-state index in [-0.39, 0.29) is 23.8 Å². The summed E-state index contributed by atoms with van der Waals surface area (Å²) in [5.74, 6) is 1.70. The fourth-order valence-electron chi connectivity index (χ4n) is 4.02. The lowest BCUT2D eigenvalue weighted by Gasteiger charge is -2.40. The zero-order valence-electron chi connectivity index (χ0n) is 14.5. The first-order valence-corrected chi connectivity index (χ1v) is 8.66. The first-order valence-electron chi connectivity index (χ1n) is 8.66. The van der Waals surface area contributed by atoms with Gasteiger partial charge in [-0.1, -0.05) is 13.8 Å². The number of likely N-dealkylation sites (tertiary alicyclic amines) is 2. The Morgan fingerprint density at radius 3 is 2.14 bits per heavy atom.